The second-order valence-electron chi connectivity index (χ2n) is 6.84. The van der Waals surface area contributed by atoms with Gasteiger partial charge in [0, 0.05) is 31.5 Å². The predicted octanol–water partition coefficient (Wildman–Crippen LogP) is 3.39. The Kier molecular flexibility index (Phi) is 3.64. The lowest BCUT2D eigenvalue weighted by Gasteiger charge is -2.46. The lowest BCUT2D eigenvalue weighted by Crippen LogP contribution is -2.48. The van der Waals surface area contributed by atoms with Gasteiger partial charge < -0.3 is 14.8 Å². The Morgan fingerprint density at radius 1 is 1.05 bits per heavy atom. The molecule has 0 bridgehead atoms. The number of benzene rings is 1. The van der Waals surface area contributed by atoms with E-state index in [1.54, 1.807) is 0 Å². The standard InChI is InChI=1S/C18H25NO2/c1-2-4-16-14(3-1)5-6-17(19-16)15-7-10-21-18(13-15)8-11-20-12-9-18/h1-4,15,17,19H,5-13H2. The summed E-state index contributed by atoms with van der Waals surface area (Å²) in [5, 5.41) is 3.80. The number of hydrogen-bond donors (Lipinski definition) is 1. The van der Waals surface area contributed by atoms with Gasteiger partial charge in [0.1, 0.15) is 0 Å². The summed E-state index contributed by atoms with van der Waals surface area (Å²) in [5.74, 6) is 0.741. The van der Waals surface area contributed by atoms with Crippen molar-refractivity contribution in [3.63, 3.8) is 0 Å². The summed E-state index contributed by atoms with van der Waals surface area (Å²) >= 11 is 0. The number of ether oxygens (including phenoxy) is 2. The molecule has 3 aliphatic heterocycles. The van der Waals surface area contributed by atoms with Crippen LogP contribution in [0.1, 0.15) is 37.7 Å². The van der Waals surface area contributed by atoms with Gasteiger partial charge in [0.2, 0.25) is 0 Å². The molecule has 3 nitrogen and oxygen atoms in total. The summed E-state index contributed by atoms with van der Waals surface area (Å²) in [6.07, 6.45) is 7.02. The van der Waals surface area contributed by atoms with Gasteiger partial charge in [-0.2, -0.15) is 0 Å². The van der Waals surface area contributed by atoms with E-state index in [0.29, 0.717) is 6.04 Å². The summed E-state index contributed by atoms with van der Waals surface area (Å²) in [6, 6.07) is 9.38. The topological polar surface area (TPSA) is 30.5 Å². The highest BCUT2D eigenvalue weighted by Crippen LogP contribution is 2.40. The smallest absolute Gasteiger partial charge is 0.0729 e. The second kappa shape index (κ2) is 5.62. The fourth-order valence-electron chi connectivity index (χ4n) is 4.32. The Morgan fingerprint density at radius 2 is 1.90 bits per heavy atom. The molecule has 1 spiro atoms. The number of fused-ring (bicyclic) bond motifs is 1. The van der Waals surface area contributed by atoms with Crippen LogP contribution in [-0.2, 0) is 15.9 Å². The normalized spacial score (nSPS) is 31.4. The van der Waals surface area contributed by atoms with Gasteiger partial charge in [0.15, 0.2) is 0 Å². The average Bonchev–Trinajstić information content (AvgIpc) is 2.55. The maximum Gasteiger partial charge on any atom is 0.0729 e. The Balaban J connectivity index is 1.47. The van der Waals surface area contributed by atoms with Crippen LogP contribution in [0.2, 0.25) is 0 Å². The van der Waals surface area contributed by atoms with Crippen LogP contribution in [0.15, 0.2) is 24.3 Å². The third-order valence-corrected chi connectivity index (χ3v) is 5.59. The molecule has 0 saturated carbocycles. The maximum absolute atomic E-state index is 6.19. The highest BCUT2D eigenvalue weighted by Gasteiger charge is 2.41. The molecule has 1 aromatic carbocycles. The van der Waals surface area contributed by atoms with Gasteiger partial charge in [-0.1, -0.05) is 18.2 Å². The van der Waals surface area contributed by atoms with E-state index in [4.69, 9.17) is 9.47 Å². The third kappa shape index (κ3) is 2.69. The van der Waals surface area contributed by atoms with Crippen molar-refractivity contribution in [1.29, 1.82) is 0 Å². The van der Waals surface area contributed by atoms with Crippen LogP contribution in [-0.4, -0.2) is 31.5 Å². The molecule has 21 heavy (non-hydrogen) atoms. The summed E-state index contributed by atoms with van der Waals surface area (Å²) in [5.41, 5.74) is 2.93. The highest BCUT2D eigenvalue weighted by atomic mass is 16.5. The molecule has 2 unspecified atom stereocenters. The minimum atomic E-state index is 0.111. The van der Waals surface area contributed by atoms with Crippen molar-refractivity contribution < 1.29 is 9.47 Å². The lowest BCUT2D eigenvalue weighted by molar-refractivity contribution is -0.148. The molecule has 0 aromatic heterocycles. The minimum absolute atomic E-state index is 0.111. The first-order valence-electron chi connectivity index (χ1n) is 8.41. The maximum atomic E-state index is 6.19. The van der Waals surface area contributed by atoms with E-state index in [2.05, 4.69) is 29.6 Å². The molecule has 2 atom stereocenters. The van der Waals surface area contributed by atoms with Crippen molar-refractivity contribution in [3.05, 3.63) is 29.8 Å². The van der Waals surface area contributed by atoms with Gasteiger partial charge in [-0.3, -0.25) is 0 Å². The van der Waals surface area contributed by atoms with E-state index in [1.165, 1.54) is 36.9 Å². The van der Waals surface area contributed by atoms with Crippen LogP contribution < -0.4 is 5.32 Å². The molecule has 4 rings (SSSR count). The molecule has 3 aliphatic rings. The van der Waals surface area contributed by atoms with Gasteiger partial charge in [-0.05, 0) is 56.1 Å². The van der Waals surface area contributed by atoms with Crippen LogP contribution in [0.3, 0.4) is 0 Å². The largest absolute Gasteiger partial charge is 0.382 e. The molecule has 1 N–H and O–H groups in total. The fraction of sp³-hybridized carbons (Fsp3) is 0.667. The number of aryl methyl sites for hydroxylation is 1. The van der Waals surface area contributed by atoms with Crippen molar-refractivity contribution in [2.45, 2.75) is 50.2 Å². The van der Waals surface area contributed by atoms with Gasteiger partial charge >= 0.3 is 0 Å². The van der Waals surface area contributed by atoms with Gasteiger partial charge in [0.25, 0.3) is 0 Å². The van der Waals surface area contributed by atoms with Crippen LogP contribution in [0, 0.1) is 5.92 Å². The van der Waals surface area contributed by atoms with Crippen LogP contribution in [0.4, 0.5) is 5.69 Å². The molecule has 2 fully saturated rings. The van der Waals surface area contributed by atoms with Crippen molar-refractivity contribution in [1.82, 2.24) is 0 Å². The first-order valence-corrected chi connectivity index (χ1v) is 8.41. The number of para-hydroxylation sites is 1. The predicted molar refractivity (Wildman–Crippen MR) is 83.6 cm³/mol. The third-order valence-electron chi connectivity index (χ3n) is 5.59. The number of nitrogens with one attached hydrogen (secondary N) is 1. The van der Waals surface area contributed by atoms with Crippen molar-refractivity contribution >= 4 is 5.69 Å². The van der Waals surface area contributed by atoms with E-state index < -0.39 is 0 Å². The van der Waals surface area contributed by atoms with Crippen LogP contribution in [0.5, 0.6) is 0 Å². The SMILES string of the molecule is c1ccc2c(c1)CCC(C1CCOC3(CCOCC3)C1)N2. The van der Waals surface area contributed by atoms with Crippen LogP contribution in [0.25, 0.3) is 0 Å². The van der Waals surface area contributed by atoms with Gasteiger partial charge in [-0.25, -0.2) is 0 Å². The summed E-state index contributed by atoms with van der Waals surface area (Å²) < 4.78 is 11.7. The van der Waals surface area contributed by atoms with Crippen molar-refractivity contribution in [2.75, 3.05) is 25.1 Å². The summed E-state index contributed by atoms with van der Waals surface area (Å²) in [4.78, 5) is 0. The average molecular weight is 287 g/mol. The molecule has 3 heteroatoms. The monoisotopic (exact) mass is 287 g/mol. The molecule has 0 aliphatic carbocycles. The Labute approximate surface area is 127 Å². The second-order valence-corrected chi connectivity index (χ2v) is 6.84. The molecule has 2 saturated heterocycles. The van der Waals surface area contributed by atoms with E-state index in [-0.39, 0.29) is 5.60 Å². The Hall–Kier alpha value is -1.06. The zero-order valence-corrected chi connectivity index (χ0v) is 12.6. The zero-order chi connectivity index (χ0) is 14.1. The summed E-state index contributed by atoms with van der Waals surface area (Å²) in [7, 11) is 0. The van der Waals surface area contributed by atoms with E-state index in [9.17, 15) is 0 Å². The first-order chi connectivity index (χ1) is 10.3. The van der Waals surface area contributed by atoms with E-state index in [0.717, 1.165) is 38.6 Å². The zero-order valence-electron chi connectivity index (χ0n) is 12.6. The Morgan fingerprint density at radius 3 is 2.81 bits per heavy atom. The first kappa shape index (κ1) is 13.6. The Bertz CT molecular complexity index is 490. The number of hydrogen-bond acceptors (Lipinski definition) is 3. The van der Waals surface area contributed by atoms with Crippen molar-refractivity contribution in [2.24, 2.45) is 5.92 Å². The number of anilines is 1. The van der Waals surface area contributed by atoms with E-state index in [1.807, 2.05) is 0 Å². The van der Waals surface area contributed by atoms with E-state index >= 15 is 0 Å². The molecule has 1 aromatic rings. The molecule has 114 valence electrons. The minimum Gasteiger partial charge on any atom is -0.382 e. The fourth-order valence-corrected chi connectivity index (χ4v) is 4.32. The highest BCUT2D eigenvalue weighted by molar-refractivity contribution is 5.53. The molecule has 0 radical (unpaired) electrons. The van der Waals surface area contributed by atoms with Crippen LogP contribution >= 0.6 is 0 Å². The molecule has 0 amide bonds. The summed E-state index contributed by atoms with van der Waals surface area (Å²) in [6.45, 7) is 2.66. The quantitative estimate of drug-likeness (QED) is 0.859. The molecule has 3 heterocycles. The number of rotatable bonds is 1. The molecular weight excluding hydrogens is 262 g/mol. The van der Waals surface area contributed by atoms with Gasteiger partial charge in [0.05, 0.1) is 5.60 Å². The van der Waals surface area contributed by atoms with Crippen molar-refractivity contribution in [3.8, 4) is 0 Å². The molecular formula is C18H25NO2. The lowest BCUT2D eigenvalue weighted by atomic mass is 9.76. The van der Waals surface area contributed by atoms with Gasteiger partial charge in [-0.15, -0.1) is 0 Å².